The topological polar surface area (TPSA) is 58.2 Å². The lowest BCUT2D eigenvalue weighted by atomic mass is 10.2. The molecule has 118 valence electrons. The quantitative estimate of drug-likeness (QED) is 0.755. The molecule has 4 nitrogen and oxygen atoms in total. The molecule has 1 aromatic rings. The van der Waals surface area contributed by atoms with Gasteiger partial charge in [0.25, 0.3) is 0 Å². The Morgan fingerprint density at radius 1 is 1.29 bits per heavy atom. The smallest absolute Gasteiger partial charge is 0.242 e. The summed E-state index contributed by atoms with van der Waals surface area (Å²) in [4.78, 5) is 0.187. The lowest BCUT2D eigenvalue weighted by Gasteiger charge is -2.14. The van der Waals surface area contributed by atoms with Crippen molar-refractivity contribution in [2.45, 2.75) is 56.5 Å². The maximum absolute atomic E-state index is 12.5. The average molecular weight is 331 g/mol. The highest BCUT2D eigenvalue weighted by Gasteiger charge is 2.24. The molecular weight excluding hydrogens is 308 g/mol. The van der Waals surface area contributed by atoms with Gasteiger partial charge in [0, 0.05) is 12.6 Å². The van der Waals surface area contributed by atoms with Crippen LogP contribution in [-0.4, -0.2) is 21.0 Å². The minimum Gasteiger partial charge on any atom is -0.313 e. The summed E-state index contributed by atoms with van der Waals surface area (Å²) in [7, 11) is -3.54. The number of hydrogen-bond acceptors (Lipinski definition) is 3. The molecule has 0 saturated heterocycles. The molecule has 21 heavy (non-hydrogen) atoms. The Labute approximate surface area is 132 Å². The van der Waals surface area contributed by atoms with Crippen LogP contribution in [0.15, 0.2) is 23.1 Å². The summed E-state index contributed by atoms with van der Waals surface area (Å²) < 4.78 is 27.7. The Balaban J connectivity index is 2.14. The monoisotopic (exact) mass is 330 g/mol. The first kappa shape index (κ1) is 16.7. The second-order valence-corrected chi connectivity index (χ2v) is 7.63. The molecule has 0 amide bonds. The van der Waals surface area contributed by atoms with Gasteiger partial charge in [-0.25, -0.2) is 13.1 Å². The van der Waals surface area contributed by atoms with E-state index < -0.39 is 10.0 Å². The Morgan fingerprint density at radius 2 is 2.00 bits per heavy atom. The van der Waals surface area contributed by atoms with Gasteiger partial charge in [0.2, 0.25) is 10.0 Å². The van der Waals surface area contributed by atoms with Crippen molar-refractivity contribution >= 4 is 21.6 Å². The van der Waals surface area contributed by atoms with Crippen LogP contribution >= 0.6 is 11.6 Å². The Kier molecular flexibility index (Phi) is 6.05. The number of sulfonamides is 1. The molecule has 0 aliphatic heterocycles. The zero-order valence-corrected chi connectivity index (χ0v) is 13.9. The maximum Gasteiger partial charge on any atom is 0.242 e. The molecule has 1 saturated carbocycles. The normalized spacial score (nSPS) is 16.5. The summed E-state index contributed by atoms with van der Waals surface area (Å²) in [5.74, 6) is 0. The highest BCUT2D eigenvalue weighted by molar-refractivity contribution is 7.89. The second-order valence-electron chi connectivity index (χ2n) is 5.54. The van der Waals surface area contributed by atoms with E-state index >= 15 is 0 Å². The first-order valence-corrected chi connectivity index (χ1v) is 9.40. The molecule has 2 rings (SSSR count). The van der Waals surface area contributed by atoms with Crippen LogP contribution in [-0.2, 0) is 16.6 Å². The van der Waals surface area contributed by atoms with Gasteiger partial charge in [0.1, 0.15) is 4.90 Å². The molecule has 0 spiro atoms. The predicted molar refractivity (Wildman–Crippen MR) is 86.0 cm³/mol. The van der Waals surface area contributed by atoms with Crippen LogP contribution in [0.5, 0.6) is 0 Å². The molecule has 0 heterocycles. The predicted octanol–water partition coefficient (Wildman–Crippen LogP) is 3.06. The van der Waals surface area contributed by atoms with Crippen molar-refractivity contribution in [1.82, 2.24) is 10.0 Å². The van der Waals surface area contributed by atoms with Crippen LogP contribution in [0.4, 0.5) is 0 Å². The highest BCUT2D eigenvalue weighted by Crippen LogP contribution is 2.25. The third-order valence-corrected chi connectivity index (χ3v) is 5.72. The van der Waals surface area contributed by atoms with Crippen LogP contribution in [0.2, 0.25) is 5.02 Å². The lowest BCUT2D eigenvalue weighted by Crippen LogP contribution is -2.32. The molecule has 6 heteroatoms. The van der Waals surface area contributed by atoms with Gasteiger partial charge in [-0.15, -0.1) is 0 Å². The minimum absolute atomic E-state index is 0.0490. The third kappa shape index (κ3) is 4.68. The van der Waals surface area contributed by atoms with Crippen molar-refractivity contribution < 1.29 is 8.42 Å². The highest BCUT2D eigenvalue weighted by atomic mass is 35.5. The van der Waals surface area contributed by atoms with Crippen molar-refractivity contribution in [1.29, 1.82) is 0 Å². The fraction of sp³-hybridized carbons (Fsp3) is 0.600. The van der Waals surface area contributed by atoms with Crippen LogP contribution in [0.25, 0.3) is 0 Å². The minimum atomic E-state index is -3.54. The molecule has 1 aromatic carbocycles. The van der Waals surface area contributed by atoms with Crippen molar-refractivity contribution in [3.05, 3.63) is 28.8 Å². The van der Waals surface area contributed by atoms with E-state index in [1.165, 1.54) is 0 Å². The number of nitrogens with one attached hydrogen (secondary N) is 2. The summed E-state index contributed by atoms with van der Waals surface area (Å²) >= 11 is 6.09. The van der Waals surface area contributed by atoms with Gasteiger partial charge >= 0.3 is 0 Å². The van der Waals surface area contributed by atoms with Gasteiger partial charge in [0.15, 0.2) is 0 Å². The molecule has 0 bridgehead atoms. The molecular formula is C15H23ClN2O2S. The standard InChI is InChI=1S/C15H23ClN2O2S/c1-2-9-17-11-12-7-8-14(16)15(10-12)21(19,20)18-13-5-3-4-6-13/h7-8,10,13,17-18H,2-6,9,11H2,1H3. The van der Waals surface area contributed by atoms with Crippen LogP contribution in [0.3, 0.4) is 0 Å². The van der Waals surface area contributed by atoms with E-state index in [1.807, 2.05) is 6.07 Å². The van der Waals surface area contributed by atoms with Crippen molar-refractivity contribution in [3.8, 4) is 0 Å². The zero-order chi connectivity index (χ0) is 15.3. The number of rotatable bonds is 7. The fourth-order valence-corrected chi connectivity index (χ4v) is 4.45. The van der Waals surface area contributed by atoms with Gasteiger partial charge in [-0.1, -0.05) is 37.4 Å². The van der Waals surface area contributed by atoms with Crippen molar-refractivity contribution in [2.75, 3.05) is 6.54 Å². The van der Waals surface area contributed by atoms with Gasteiger partial charge in [-0.2, -0.15) is 0 Å². The first-order valence-electron chi connectivity index (χ1n) is 7.54. The fourth-order valence-electron chi connectivity index (χ4n) is 2.60. The lowest BCUT2D eigenvalue weighted by molar-refractivity contribution is 0.552. The summed E-state index contributed by atoms with van der Waals surface area (Å²) in [6, 6.07) is 5.24. The Hall–Kier alpha value is -0.620. The maximum atomic E-state index is 12.5. The molecule has 1 aliphatic carbocycles. The van der Waals surface area contributed by atoms with Crippen LogP contribution in [0.1, 0.15) is 44.6 Å². The molecule has 1 fully saturated rings. The van der Waals surface area contributed by atoms with E-state index in [9.17, 15) is 8.42 Å². The molecule has 0 atom stereocenters. The summed E-state index contributed by atoms with van der Waals surface area (Å²) in [5.41, 5.74) is 0.930. The summed E-state index contributed by atoms with van der Waals surface area (Å²) in [5, 5.41) is 3.54. The molecule has 0 radical (unpaired) electrons. The number of halogens is 1. The molecule has 0 unspecified atom stereocenters. The Bertz CT molecular complexity index is 569. The first-order chi connectivity index (χ1) is 10.0. The molecule has 0 aromatic heterocycles. The zero-order valence-electron chi connectivity index (χ0n) is 12.4. The average Bonchev–Trinajstić information content (AvgIpc) is 2.93. The largest absolute Gasteiger partial charge is 0.313 e. The van der Waals surface area contributed by atoms with Crippen LogP contribution in [0, 0.1) is 0 Å². The summed E-state index contributed by atoms with van der Waals surface area (Å²) in [6.07, 6.45) is 5.04. The second kappa shape index (κ2) is 7.58. The van der Waals surface area contributed by atoms with E-state index in [1.54, 1.807) is 12.1 Å². The van der Waals surface area contributed by atoms with E-state index in [2.05, 4.69) is 17.0 Å². The van der Waals surface area contributed by atoms with Gasteiger partial charge in [0.05, 0.1) is 5.02 Å². The van der Waals surface area contributed by atoms with E-state index in [-0.39, 0.29) is 16.0 Å². The van der Waals surface area contributed by atoms with Crippen molar-refractivity contribution in [2.24, 2.45) is 0 Å². The summed E-state index contributed by atoms with van der Waals surface area (Å²) in [6.45, 7) is 3.65. The number of benzene rings is 1. The molecule has 1 aliphatic rings. The van der Waals surface area contributed by atoms with E-state index in [4.69, 9.17) is 11.6 Å². The van der Waals surface area contributed by atoms with Crippen LogP contribution < -0.4 is 10.0 Å². The van der Waals surface area contributed by atoms with E-state index in [0.29, 0.717) is 6.54 Å². The Morgan fingerprint density at radius 3 is 2.67 bits per heavy atom. The SMILES string of the molecule is CCCNCc1ccc(Cl)c(S(=O)(=O)NC2CCCC2)c1. The van der Waals surface area contributed by atoms with E-state index in [0.717, 1.165) is 44.2 Å². The molecule has 2 N–H and O–H groups in total. The third-order valence-electron chi connectivity index (χ3n) is 3.72. The van der Waals surface area contributed by atoms with Gasteiger partial charge < -0.3 is 5.32 Å². The van der Waals surface area contributed by atoms with Crippen molar-refractivity contribution in [3.63, 3.8) is 0 Å². The number of hydrogen-bond donors (Lipinski definition) is 2. The van der Waals surface area contributed by atoms with Gasteiger partial charge in [-0.3, -0.25) is 0 Å². The van der Waals surface area contributed by atoms with Gasteiger partial charge in [-0.05, 0) is 43.5 Å².